The quantitative estimate of drug-likeness (QED) is 0.688. The summed E-state index contributed by atoms with van der Waals surface area (Å²) in [5.41, 5.74) is 11.0. The fourth-order valence-electron chi connectivity index (χ4n) is 0.903. The smallest absolute Gasteiger partial charge is 0.180 e. The lowest BCUT2D eigenvalue weighted by atomic mass is 10.3. The van der Waals surface area contributed by atoms with Crippen molar-refractivity contribution in [1.29, 1.82) is 0 Å². The van der Waals surface area contributed by atoms with E-state index in [-0.39, 0.29) is 16.8 Å². The molecule has 1 rings (SSSR count). The third kappa shape index (κ3) is 2.18. The van der Waals surface area contributed by atoms with E-state index < -0.39 is 9.84 Å². The highest BCUT2D eigenvalue weighted by Gasteiger charge is 2.15. The first kappa shape index (κ1) is 10.9. The average Bonchev–Trinajstić information content (AvgIpc) is 2.01. The normalized spacial score (nSPS) is 13.9. The summed E-state index contributed by atoms with van der Waals surface area (Å²) in [6.07, 6.45) is 2.23. The molecule has 1 aromatic rings. The maximum Gasteiger partial charge on any atom is 0.180 e. The Balaban J connectivity index is 3.28. The van der Waals surface area contributed by atoms with Crippen molar-refractivity contribution in [1.82, 2.24) is 9.97 Å². The van der Waals surface area contributed by atoms with Crippen LogP contribution in [-0.2, 0) is 9.84 Å². The van der Waals surface area contributed by atoms with Crippen LogP contribution in [-0.4, -0.2) is 24.6 Å². The molecule has 0 saturated heterocycles. The second kappa shape index (κ2) is 3.50. The Hall–Kier alpha value is -1.21. The number of sulfone groups is 1. The van der Waals surface area contributed by atoms with Gasteiger partial charge in [0.2, 0.25) is 0 Å². The molecule has 78 valence electrons. The van der Waals surface area contributed by atoms with E-state index in [1.165, 1.54) is 6.20 Å². The molecule has 0 aromatic carbocycles. The second-order valence-electron chi connectivity index (χ2n) is 3.04. The molecule has 7 heteroatoms. The molecule has 0 aliphatic carbocycles. The highest BCUT2D eigenvalue weighted by atomic mass is 32.2. The van der Waals surface area contributed by atoms with E-state index in [0.717, 1.165) is 6.26 Å². The Morgan fingerprint density at radius 2 is 2.07 bits per heavy atom. The largest absolute Gasteiger partial charge is 0.383 e. The second-order valence-corrected chi connectivity index (χ2v) is 5.02. The molecule has 0 bridgehead atoms. The van der Waals surface area contributed by atoms with E-state index in [0.29, 0.717) is 5.82 Å². The number of hydrogen-bond acceptors (Lipinski definition) is 6. The van der Waals surface area contributed by atoms with E-state index in [1.54, 1.807) is 6.92 Å². The molecule has 6 nitrogen and oxygen atoms in total. The van der Waals surface area contributed by atoms with Crippen LogP contribution in [0.25, 0.3) is 0 Å². The molecule has 1 atom stereocenters. The zero-order valence-electron chi connectivity index (χ0n) is 7.93. The van der Waals surface area contributed by atoms with Crippen molar-refractivity contribution >= 4 is 15.7 Å². The Kier molecular flexibility index (Phi) is 2.72. The molecule has 0 aliphatic heterocycles. The van der Waals surface area contributed by atoms with Gasteiger partial charge in [0.05, 0.1) is 12.2 Å². The fourth-order valence-corrected chi connectivity index (χ4v) is 1.57. The SMILES string of the molecule is CC(N)c1ncc(S(C)(=O)=O)c(N)n1. The highest BCUT2D eigenvalue weighted by molar-refractivity contribution is 7.90. The molecular formula is C7H12N4O2S. The first-order valence-electron chi connectivity index (χ1n) is 3.90. The Morgan fingerprint density at radius 3 is 2.43 bits per heavy atom. The molecule has 0 spiro atoms. The average molecular weight is 216 g/mol. The monoisotopic (exact) mass is 216 g/mol. The number of nitrogen functional groups attached to an aromatic ring is 1. The fraction of sp³-hybridized carbons (Fsp3) is 0.429. The molecule has 4 N–H and O–H groups in total. The summed E-state index contributed by atoms with van der Waals surface area (Å²) in [5, 5.41) is 0. The van der Waals surface area contributed by atoms with Crippen LogP contribution in [0.15, 0.2) is 11.1 Å². The maximum absolute atomic E-state index is 11.1. The Morgan fingerprint density at radius 1 is 1.50 bits per heavy atom. The van der Waals surface area contributed by atoms with E-state index in [4.69, 9.17) is 11.5 Å². The first-order valence-corrected chi connectivity index (χ1v) is 5.79. The maximum atomic E-state index is 11.1. The van der Waals surface area contributed by atoms with Crippen LogP contribution in [0.2, 0.25) is 0 Å². The van der Waals surface area contributed by atoms with E-state index >= 15 is 0 Å². The third-order valence-electron chi connectivity index (χ3n) is 1.61. The lowest BCUT2D eigenvalue weighted by Crippen LogP contribution is -2.13. The van der Waals surface area contributed by atoms with Crippen LogP contribution in [0.4, 0.5) is 5.82 Å². The number of nitrogens with zero attached hydrogens (tertiary/aromatic N) is 2. The van der Waals surface area contributed by atoms with Gasteiger partial charge in [-0.1, -0.05) is 0 Å². The van der Waals surface area contributed by atoms with Crippen molar-refractivity contribution < 1.29 is 8.42 Å². The van der Waals surface area contributed by atoms with Gasteiger partial charge in [-0.2, -0.15) is 0 Å². The lowest BCUT2D eigenvalue weighted by Gasteiger charge is -2.06. The molecule has 0 saturated carbocycles. The number of anilines is 1. The van der Waals surface area contributed by atoms with Crippen LogP contribution in [0.3, 0.4) is 0 Å². The van der Waals surface area contributed by atoms with Crippen molar-refractivity contribution in [3.63, 3.8) is 0 Å². The Bertz CT molecular complexity index is 441. The van der Waals surface area contributed by atoms with Gasteiger partial charge in [0.1, 0.15) is 16.5 Å². The highest BCUT2D eigenvalue weighted by Crippen LogP contribution is 2.15. The third-order valence-corrected chi connectivity index (χ3v) is 2.72. The van der Waals surface area contributed by atoms with Crippen LogP contribution in [0.5, 0.6) is 0 Å². The zero-order valence-corrected chi connectivity index (χ0v) is 8.75. The molecule has 0 aliphatic rings. The van der Waals surface area contributed by atoms with Gasteiger partial charge in [0.25, 0.3) is 0 Å². The summed E-state index contributed by atoms with van der Waals surface area (Å²) in [4.78, 5) is 7.54. The van der Waals surface area contributed by atoms with Gasteiger partial charge < -0.3 is 11.5 Å². The summed E-state index contributed by atoms with van der Waals surface area (Å²) in [5.74, 6) is 0.268. The van der Waals surface area contributed by atoms with Gasteiger partial charge in [0.15, 0.2) is 9.84 Å². The summed E-state index contributed by atoms with van der Waals surface area (Å²) in [6, 6.07) is -0.370. The minimum absolute atomic E-state index is 0.0604. The van der Waals surface area contributed by atoms with Crippen molar-refractivity contribution in [2.75, 3.05) is 12.0 Å². The molecule has 0 radical (unpaired) electrons. The number of hydrogen-bond donors (Lipinski definition) is 2. The van der Waals surface area contributed by atoms with Gasteiger partial charge >= 0.3 is 0 Å². The Labute approximate surface area is 82.3 Å². The first-order chi connectivity index (χ1) is 6.32. The van der Waals surface area contributed by atoms with Crippen molar-refractivity contribution in [2.45, 2.75) is 17.9 Å². The van der Waals surface area contributed by atoms with Gasteiger partial charge in [-0.15, -0.1) is 0 Å². The lowest BCUT2D eigenvalue weighted by molar-refractivity contribution is 0.600. The van der Waals surface area contributed by atoms with Crippen LogP contribution in [0, 0.1) is 0 Å². The summed E-state index contributed by atoms with van der Waals surface area (Å²) in [6.45, 7) is 1.69. The molecule has 14 heavy (non-hydrogen) atoms. The summed E-state index contributed by atoms with van der Waals surface area (Å²) >= 11 is 0. The molecule has 1 unspecified atom stereocenters. The predicted molar refractivity (Wildman–Crippen MR) is 52.2 cm³/mol. The van der Waals surface area contributed by atoms with Crippen molar-refractivity contribution in [3.8, 4) is 0 Å². The number of rotatable bonds is 2. The van der Waals surface area contributed by atoms with Crippen molar-refractivity contribution in [3.05, 3.63) is 12.0 Å². The van der Waals surface area contributed by atoms with E-state index in [1.807, 2.05) is 0 Å². The number of nitrogens with two attached hydrogens (primary N) is 2. The number of aromatic nitrogens is 2. The van der Waals surface area contributed by atoms with Crippen LogP contribution >= 0.6 is 0 Å². The standard InChI is InChI=1S/C7H12N4O2S/c1-4(8)7-10-3-5(6(9)11-7)14(2,12)13/h3-4H,8H2,1-2H3,(H2,9,10,11). The topological polar surface area (TPSA) is 112 Å². The molecule has 1 heterocycles. The van der Waals surface area contributed by atoms with Crippen LogP contribution < -0.4 is 11.5 Å². The molecule has 0 fully saturated rings. The predicted octanol–water partition coefficient (Wildman–Crippen LogP) is -0.518. The zero-order chi connectivity index (χ0) is 10.9. The molecule has 0 amide bonds. The van der Waals surface area contributed by atoms with Crippen LogP contribution in [0.1, 0.15) is 18.8 Å². The van der Waals surface area contributed by atoms with E-state index in [2.05, 4.69) is 9.97 Å². The van der Waals surface area contributed by atoms with Gasteiger partial charge in [-0.05, 0) is 6.92 Å². The van der Waals surface area contributed by atoms with Gasteiger partial charge in [-0.3, -0.25) is 0 Å². The minimum atomic E-state index is -3.37. The molecular weight excluding hydrogens is 204 g/mol. The van der Waals surface area contributed by atoms with Gasteiger partial charge in [0, 0.05) is 6.26 Å². The molecule has 1 aromatic heterocycles. The van der Waals surface area contributed by atoms with E-state index in [9.17, 15) is 8.42 Å². The van der Waals surface area contributed by atoms with Crippen molar-refractivity contribution in [2.24, 2.45) is 5.73 Å². The summed E-state index contributed by atoms with van der Waals surface area (Å²) in [7, 11) is -3.37. The minimum Gasteiger partial charge on any atom is -0.383 e. The summed E-state index contributed by atoms with van der Waals surface area (Å²) < 4.78 is 22.3. The van der Waals surface area contributed by atoms with Gasteiger partial charge in [-0.25, -0.2) is 18.4 Å².